The first kappa shape index (κ1) is 14.7. The monoisotopic (exact) mass is 334 g/mol. The van der Waals surface area contributed by atoms with E-state index in [1.165, 1.54) is 17.1 Å². The predicted octanol–water partition coefficient (Wildman–Crippen LogP) is -2.32. The summed E-state index contributed by atoms with van der Waals surface area (Å²) in [5, 5.41) is 30.6. The molecule has 4 rings (SSSR count). The highest BCUT2D eigenvalue weighted by molar-refractivity contribution is 5.70. The van der Waals surface area contributed by atoms with Crippen molar-refractivity contribution >= 4 is 17.1 Å². The second-order valence-corrected chi connectivity index (χ2v) is 5.49. The highest BCUT2D eigenvalue weighted by Gasteiger charge is 2.44. The van der Waals surface area contributed by atoms with Crippen LogP contribution < -0.4 is 11.3 Å². The van der Waals surface area contributed by atoms with E-state index in [9.17, 15) is 15.0 Å². The topological polar surface area (TPSA) is 181 Å². The standard InChI is InChI=1S/C12H14N8O4/c13-12-16-9-6(10(23)17-12)14-3-20(9)11-8(22)7(21)5(24-11)1-4-2-15-19-18-4/h2-3,5,7-8,11,21-22H,1H2,(H,15,18,19)(H3,13,16,17,23). The minimum atomic E-state index is -1.23. The molecular weight excluding hydrogens is 320 g/mol. The molecule has 6 N–H and O–H groups in total. The van der Waals surface area contributed by atoms with Gasteiger partial charge in [-0.05, 0) is 0 Å². The van der Waals surface area contributed by atoms with Gasteiger partial charge in [0.25, 0.3) is 5.56 Å². The van der Waals surface area contributed by atoms with Gasteiger partial charge in [-0.2, -0.15) is 20.4 Å². The number of anilines is 1. The molecule has 0 spiro atoms. The molecule has 4 unspecified atom stereocenters. The number of nitrogens with one attached hydrogen (secondary N) is 2. The van der Waals surface area contributed by atoms with Gasteiger partial charge in [0, 0.05) is 6.42 Å². The zero-order chi connectivity index (χ0) is 16.8. The highest BCUT2D eigenvalue weighted by atomic mass is 16.6. The minimum absolute atomic E-state index is 0.0643. The molecule has 1 aliphatic heterocycles. The van der Waals surface area contributed by atoms with Gasteiger partial charge in [0.2, 0.25) is 5.95 Å². The molecule has 0 bridgehead atoms. The van der Waals surface area contributed by atoms with Crippen molar-refractivity contribution in [1.82, 2.24) is 34.9 Å². The van der Waals surface area contributed by atoms with Crippen molar-refractivity contribution in [2.24, 2.45) is 0 Å². The van der Waals surface area contributed by atoms with Crippen molar-refractivity contribution in [2.45, 2.75) is 31.0 Å². The molecule has 0 amide bonds. The maximum atomic E-state index is 11.8. The van der Waals surface area contributed by atoms with Crippen molar-refractivity contribution in [1.29, 1.82) is 0 Å². The average molecular weight is 334 g/mol. The van der Waals surface area contributed by atoms with Gasteiger partial charge in [-0.15, -0.1) is 0 Å². The van der Waals surface area contributed by atoms with E-state index in [-0.39, 0.29) is 23.5 Å². The largest absolute Gasteiger partial charge is 0.388 e. The van der Waals surface area contributed by atoms with Crippen LogP contribution in [0.2, 0.25) is 0 Å². The van der Waals surface area contributed by atoms with E-state index in [2.05, 4.69) is 30.4 Å². The maximum Gasteiger partial charge on any atom is 0.280 e. The average Bonchev–Trinajstić information content (AvgIpc) is 3.24. The van der Waals surface area contributed by atoms with Gasteiger partial charge in [-0.1, -0.05) is 0 Å². The van der Waals surface area contributed by atoms with Crippen LogP contribution in [0.3, 0.4) is 0 Å². The number of hydrogen-bond acceptors (Lipinski definition) is 9. The lowest BCUT2D eigenvalue weighted by Gasteiger charge is -2.16. The Morgan fingerprint density at radius 1 is 1.38 bits per heavy atom. The van der Waals surface area contributed by atoms with Crippen molar-refractivity contribution in [2.75, 3.05) is 5.73 Å². The number of H-pyrrole nitrogens is 2. The van der Waals surface area contributed by atoms with Crippen LogP contribution in [0, 0.1) is 0 Å². The summed E-state index contributed by atoms with van der Waals surface area (Å²) in [7, 11) is 0. The molecule has 12 nitrogen and oxygen atoms in total. The minimum Gasteiger partial charge on any atom is -0.388 e. The van der Waals surface area contributed by atoms with Gasteiger partial charge in [-0.3, -0.25) is 14.3 Å². The van der Waals surface area contributed by atoms with E-state index in [4.69, 9.17) is 10.5 Å². The van der Waals surface area contributed by atoms with Gasteiger partial charge in [0.1, 0.15) is 12.2 Å². The van der Waals surface area contributed by atoms with Crippen LogP contribution in [0.5, 0.6) is 0 Å². The Balaban J connectivity index is 1.68. The van der Waals surface area contributed by atoms with E-state index in [0.29, 0.717) is 5.69 Å². The molecule has 1 fully saturated rings. The number of hydrogen-bond donors (Lipinski definition) is 5. The van der Waals surface area contributed by atoms with Crippen molar-refractivity contribution in [3.63, 3.8) is 0 Å². The Kier molecular flexibility index (Phi) is 3.30. The summed E-state index contributed by atoms with van der Waals surface area (Å²) in [6.45, 7) is 0. The van der Waals surface area contributed by atoms with Crippen LogP contribution in [0.1, 0.15) is 11.9 Å². The Morgan fingerprint density at radius 2 is 2.21 bits per heavy atom. The zero-order valence-electron chi connectivity index (χ0n) is 12.2. The lowest BCUT2D eigenvalue weighted by molar-refractivity contribution is -0.0347. The third kappa shape index (κ3) is 2.24. The van der Waals surface area contributed by atoms with Gasteiger partial charge < -0.3 is 20.7 Å². The molecule has 4 atom stereocenters. The fourth-order valence-corrected chi connectivity index (χ4v) is 2.79. The number of aromatic nitrogens is 7. The van der Waals surface area contributed by atoms with Crippen molar-refractivity contribution < 1.29 is 14.9 Å². The fraction of sp³-hybridized carbons (Fsp3) is 0.417. The third-order valence-corrected chi connectivity index (χ3v) is 3.94. The summed E-state index contributed by atoms with van der Waals surface area (Å²) >= 11 is 0. The third-order valence-electron chi connectivity index (χ3n) is 3.94. The van der Waals surface area contributed by atoms with E-state index in [1.54, 1.807) is 0 Å². The molecule has 0 saturated carbocycles. The number of aliphatic hydroxyl groups excluding tert-OH is 2. The number of nitrogens with zero attached hydrogens (tertiary/aromatic N) is 5. The summed E-state index contributed by atoms with van der Waals surface area (Å²) in [5.74, 6) is -0.0820. The van der Waals surface area contributed by atoms with Gasteiger partial charge >= 0.3 is 0 Å². The number of nitrogens with two attached hydrogens (primary N) is 1. The molecule has 1 aliphatic rings. The SMILES string of the molecule is Nc1nc2c(ncn2C2OC(Cc3cn[nH]n3)C(O)C2O)c(=O)[nH]1. The summed E-state index contributed by atoms with van der Waals surface area (Å²) < 4.78 is 7.11. The molecule has 4 heterocycles. The first-order valence-corrected chi connectivity index (χ1v) is 7.13. The number of rotatable bonds is 3. The van der Waals surface area contributed by atoms with Gasteiger partial charge in [-0.25, -0.2) is 4.98 Å². The number of ether oxygens (including phenoxy) is 1. The lowest BCUT2D eigenvalue weighted by atomic mass is 10.1. The Morgan fingerprint density at radius 3 is 2.96 bits per heavy atom. The van der Waals surface area contributed by atoms with Crippen LogP contribution >= 0.6 is 0 Å². The first-order chi connectivity index (χ1) is 11.5. The Hall–Kier alpha value is -2.83. The van der Waals surface area contributed by atoms with Crippen LogP contribution in [0.25, 0.3) is 11.2 Å². The predicted molar refractivity (Wildman–Crippen MR) is 78.6 cm³/mol. The van der Waals surface area contributed by atoms with E-state index < -0.39 is 30.1 Å². The summed E-state index contributed by atoms with van der Waals surface area (Å²) in [6, 6.07) is 0. The van der Waals surface area contributed by atoms with E-state index in [1.807, 2.05) is 0 Å². The van der Waals surface area contributed by atoms with E-state index >= 15 is 0 Å². The maximum absolute atomic E-state index is 11.8. The molecule has 12 heteroatoms. The fourth-order valence-electron chi connectivity index (χ4n) is 2.79. The summed E-state index contributed by atoms with van der Waals surface area (Å²) in [4.78, 5) is 22.2. The summed E-state index contributed by atoms with van der Waals surface area (Å²) in [6.07, 6.45) is -0.975. The number of aromatic amines is 2. The second kappa shape index (κ2) is 5.36. The Bertz CT molecular complexity index is 919. The van der Waals surface area contributed by atoms with Crippen molar-refractivity contribution in [3.05, 3.63) is 28.6 Å². The highest BCUT2D eigenvalue weighted by Crippen LogP contribution is 2.32. The molecule has 0 aromatic carbocycles. The normalized spacial score (nSPS) is 27.1. The molecule has 0 radical (unpaired) electrons. The molecule has 3 aromatic rings. The van der Waals surface area contributed by atoms with Crippen LogP contribution in [0.4, 0.5) is 5.95 Å². The number of imidazole rings is 1. The first-order valence-electron chi connectivity index (χ1n) is 7.13. The summed E-state index contributed by atoms with van der Waals surface area (Å²) in [5.41, 5.74) is 5.87. The molecule has 3 aromatic heterocycles. The number of fused-ring (bicyclic) bond motifs is 1. The molecule has 24 heavy (non-hydrogen) atoms. The molecular formula is C12H14N8O4. The number of nitrogen functional groups attached to an aromatic ring is 1. The Labute approximate surface area is 133 Å². The second-order valence-electron chi connectivity index (χ2n) is 5.49. The quantitative estimate of drug-likeness (QED) is 0.351. The van der Waals surface area contributed by atoms with Gasteiger partial charge in [0.05, 0.1) is 24.3 Å². The zero-order valence-corrected chi connectivity index (χ0v) is 12.2. The number of aliphatic hydroxyl groups is 2. The van der Waals surface area contributed by atoms with E-state index in [0.717, 1.165) is 0 Å². The molecule has 0 aliphatic carbocycles. The molecule has 126 valence electrons. The van der Waals surface area contributed by atoms with Crippen LogP contribution in [-0.4, -0.2) is 63.5 Å². The van der Waals surface area contributed by atoms with Crippen LogP contribution in [-0.2, 0) is 11.2 Å². The van der Waals surface area contributed by atoms with Gasteiger partial charge in [0.15, 0.2) is 17.4 Å². The lowest BCUT2D eigenvalue weighted by Crippen LogP contribution is -2.32. The van der Waals surface area contributed by atoms with Crippen molar-refractivity contribution in [3.8, 4) is 0 Å². The smallest absolute Gasteiger partial charge is 0.280 e. The molecule has 1 saturated heterocycles. The van der Waals surface area contributed by atoms with Crippen LogP contribution in [0.15, 0.2) is 17.3 Å².